The third-order valence-electron chi connectivity index (χ3n) is 3.44. The van der Waals surface area contributed by atoms with Crippen LogP contribution in [-0.4, -0.2) is 35.2 Å². The van der Waals surface area contributed by atoms with Crippen LogP contribution in [0.25, 0.3) is 10.2 Å². The van der Waals surface area contributed by atoms with Gasteiger partial charge >= 0.3 is 18.5 Å². The number of anilines is 1. The van der Waals surface area contributed by atoms with E-state index in [1.165, 1.54) is 18.2 Å². The number of hydrogen-bond acceptors (Lipinski definition) is 4. The molecule has 162 valence electrons. The number of hydrogen-bond donors (Lipinski definition) is 1. The van der Waals surface area contributed by atoms with Crippen molar-refractivity contribution in [2.75, 3.05) is 11.1 Å². The van der Waals surface area contributed by atoms with E-state index < -0.39 is 43.2 Å². The van der Waals surface area contributed by atoms with Crippen molar-refractivity contribution in [1.82, 2.24) is 4.98 Å². The molecule has 0 saturated heterocycles. The van der Waals surface area contributed by atoms with E-state index in [1.807, 2.05) is 5.32 Å². The molecule has 0 fully saturated rings. The predicted octanol–water partition coefficient (Wildman–Crippen LogP) is 6.41. The molecule has 0 atom stereocenters. The molecule has 14 heteroatoms. The molecule has 0 radical (unpaired) electrons. The van der Waals surface area contributed by atoms with Gasteiger partial charge in [0.15, 0.2) is 10.3 Å². The first-order valence-electron chi connectivity index (χ1n) is 7.68. The Labute approximate surface area is 165 Å². The van der Waals surface area contributed by atoms with Crippen molar-refractivity contribution in [2.24, 2.45) is 5.92 Å². The first-order chi connectivity index (χ1) is 13.1. The van der Waals surface area contributed by atoms with Crippen molar-refractivity contribution in [2.45, 2.75) is 35.7 Å². The molecule has 0 aliphatic carbocycles. The van der Waals surface area contributed by atoms with Gasteiger partial charge in [0.1, 0.15) is 0 Å². The summed E-state index contributed by atoms with van der Waals surface area (Å²) < 4.78 is 112. The van der Waals surface area contributed by atoms with Crippen LogP contribution < -0.4 is 5.32 Å². The summed E-state index contributed by atoms with van der Waals surface area (Å²) in [6.07, 6.45) is -18.4. The van der Waals surface area contributed by atoms with Gasteiger partial charge in [-0.15, -0.1) is 11.3 Å². The van der Waals surface area contributed by atoms with Crippen molar-refractivity contribution in [3.8, 4) is 0 Å². The van der Waals surface area contributed by atoms with Gasteiger partial charge in [-0.05, 0) is 18.2 Å². The lowest BCUT2D eigenvalue weighted by atomic mass is 10.0. The topological polar surface area (TPSA) is 42.0 Å². The molecule has 2 aromatic rings. The Balaban J connectivity index is 2.05. The monoisotopic (exact) mass is 470 g/mol. The van der Waals surface area contributed by atoms with Crippen LogP contribution >= 0.6 is 23.1 Å². The second-order valence-corrected chi connectivity index (χ2v) is 8.14. The third kappa shape index (κ3) is 7.24. The first kappa shape index (κ1) is 23.6. The fraction of sp³-hybridized carbons (Fsp3) is 0.467. The molecule has 0 aliphatic rings. The maximum atomic E-state index is 12.5. The molecule has 1 aromatic carbocycles. The Bertz CT molecular complexity index is 844. The third-order valence-corrected chi connectivity index (χ3v) is 5.61. The quantitative estimate of drug-likeness (QED) is 0.392. The lowest BCUT2D eigenvalue weighted by Gasteiger charge is -2.22. The minimum absolute atomic E-state index is 0.0545. The molecule has 1 N–H and O–H groups in total. The summed E-state index contributed by atoms with van der Waals surface area (Å²) in [5.41, 5.74) is 0.312. The number of rotatable bonds is 6. The van der Waals surface area contributed by atoms with Crippen LogP contribution in [0.15, 0.2) is 22.5 Å². The number of carbonyl (C=O) groups excluding carboxylic acids is 1. The standard InChI is InChI=1S/C15H11F9N2OS2/c16-13(17,18)3-4-28-12-26-8-2-1-7(5-9(8)29-12)25-11(27)6-10(14(19,20)21)15(22,23)24/h1-2,5,10H,3-4,6H2,(H,25,27). The number of nitrogens with zero attached hydrogens (tertiary/aromatic N) is 1. The van der Waals surface area contributed by atoms with E-state index in [-0.39, 0.29) is 11.4 Å². The van der Waals surface area contributed by atoms with E-state index in [0.717, 1.165) is 23.1 Å². The summed E-state index contributed by atoms with van der Waals surface area (Å²) in [6.45, 7) is 0. The zero-order chi connectivity index (χ0) is 22.0. The lowest BCUT2D eigenvalue weighted by Crippen LogP contribution is -2.39. The molecular weight excluding hydrogens is 459 g/mol. The van der Waals surface area contributed by atoms with Crippen molar-refractivity contribution < 1.29 is 44.3 Å². The highest BCUT2D eigenvalue weighted by Gasteiger charge is 2.57. The molecule has 1 heterocycles. The first-order valence-corrected chi connectivity index (χ1v) is 9.49. The number of carbonyl (C=O) groups is 1. The molecular formula is C15H11F9N2OS2. The number of thioether (sulfide) groups is 1. The number of benzene rings is 1. The van der Waals surface area contributed by atoms with E-state index in [2.05, 4.69) is 4.98 Å². The molecule has 0 unspecified atom stereocenters. The van der Waals surface area contributed by atoms with Crippen LogP contribution in [-0.2, 0) is 4.79 Å². The summed E-state index contributed by atoms with van der Waals surface area (Å²) in [6, 6.07) is 3.84. The predicted molar refractivity (Wildman–Crippen MR) is 89.9 cm³/mol. The normalized spacial score (nSPS) is 13.3. The number of fused-ring (bicyclic) bond motifs is 1. The Morgan fingerprint density at radius 2 is 1.69 bits per heavy atom. The van der Waals surface area contributed by atoms with Crippen LogP contribution in [0.5, 0.6) is 0 Å². The van der Waals surface area contributed by atoms with Gasteiger partial charge in [-0.3, -0.25) is 4.79 Å². The average molecular weight is 470 g/mol. The van der Waals surface area contributed by atoms with E-state index in [0.29, 0.717) is 14.6 Å². The number of thiazole rings is 1. The molecule has 3 nitrogen and oxygen atoms in total. The van der Waals surface area contributed by atoms with Crippen LogP contribution in [0.2, 0.25) is 0 Å². The van der Waals surface area contributed by atoms with Gasteiger partial charge in [0.25, 0.3) is 0 Å². The van der Waals surface area contributed by atoms with Gasteiger partial charge in [-0.25, -0.2) is 4.98 Å². The summed E-state index contributed by atoms with van der Waals surface area (Å²) in [4.78, 5) is 15.7. The van der Waals surface area contributed by atoms with E-state index >= 15 is 0 Å². The van der Waals surface area contributed by atoms with Crippen LogP contribution in [0.3, 0.4) is 0 Å². The molecule has 1 aromatic heterocycles. The second kappa shape index (κ2) is 8.58. The summed E-state index contributed by atoms with van der Waals surface area (Å²) >= 11 is 1.84. The maximum absolute atomic E-state index is 12.5. The van der Waals surface area contributed by atoms with E-state index in [9.17, 15) is 44.3 Å². The average Bonchev–Trinajstić information content (AvgIpc) is 2.91. The van der Waals surface area contributed by atoms with Crippen LogP contribution in [0.4, 0.5) is 45.2 Å². The summed E-state index contributed by atoms with van der Waals surface area (Å²) in [7, 11) is 0. The summed E-state index contributed by atoms with van der Waals surface area (Å²) in [5.74, 6) is -5.53. The zero-order valence-electron chi connectivity index (χ0n) is 14.0. The molecule has 0 bridgehead atoms. The Hall–Kier alpha value is -1.70. The van der Waals surface area contributed by atoms with Crippen molar-refractivity contribution in [3.63, 3.8) is 0 Å². The number of alkyl halides is 9. The van der Waals surface area contributed by atoms with Gasteiger partial charge in [0, 0.05) is 17.9 Å². The number of halogens is 9. The molecule has 0 spiro atoms. The molecule has 0 aliphatic heterocycles. The van der Waals surface area contributed by atoms with Crippen molar-refractivity contribution in [3.05, 3.63) is 18.2 Å². The zero-order valence-corrected chi connectivity index (χ0v) is 15.6. The smallest absolute Gasteiger partial charge is 0.326 e. The van der Waals surface area contributed by atoms with E-state index in [4.69, 9.17) is 0 Å². The second-order valence-electron chi connectivity index (χ2n) is 5.76. The highest BCUT2D eigenvalue weighted by Crippen LogP contribution is 2.41. The van der Waals surface area contributed by atoms with Gasteiger partial charge in [-0.1, -0.05) is 11.8 Å². The summed E-state index contributed by atoms with van der Waals surface area (Å²) in [5, 5.41) is 1.97. The maximum Gasteiger partial charge on any atom is 0.400 e. The molecule has 1 amide bonds. The Morgan fingerprint density at radius 3 is 2.24 bits per heavy atom. The molecule has 0 saturated carbocycles. The fourth-order valence-electron chi connectivity index (χ4n) is 2.11. The lowest BCUT2D eigenvalue weighted by molar-refractivity contribution is -0.283. The molecule has 29 heavy (non-hydrogen) atoms. The van der Waals surface area contributed by atoms with Crippen LogP contribution in [0.1, 0.15) is 12.8 Å². The van der Waals surface area contributed by atoms with Crippen LogP contribution in [0, 0.1) is 5.92 Å². The van der Waals surface area contributed by atoms with Gasteiger partial charge in [0.05, 0.1) is 16.6 Å². The Kier molecular flexibility index (Phi) is 6.97. The minimum atomic E-state index is -5.63. The minimum Gasteiger partial charge on any atom is -0.326 e. The van der Waals surface area contributed by atoms with E-state index in [1.54, 1.807) is 0 Å². The van der Waals surface area contributed by atoms with Crippen molar-refractivity contribution >= 4 is 44.9 Å². The SMILES string of the molecule is O=C(CC(C(F)(F)F)C(F)(F)F)Nc1ccc2nc(SCCC(F)(F)F)sc2c1. The number of amides is 1. The van der Waals surface area contributed by atoms with Gasteiger partial charge in [-0.2, -0.15) is 39.5 Å². The van der Waals surface area contributed by atoms with Crippen molar-refractivity contribution in [1.29, 1.82) is 0 Å². The fourth-order valence-corrected chi connectivity index (χ4v) is 4.27. The van der Waals surface area contributed by atoms with Gasteiger partial charge < -0.3 is 5.32 Å². The highest BCUT2D eigenvalue weighted by molar-refractivity contribution is 8.01. The number of aromatic nitrogens is 1. The molecule has 2 rings (SSSR count). The Morgan fingerprint density at radius 1 is 1.07 bits per heavy atom. The largest absolute Gasteiger partial charge is 0.400 e. The number of nitrogens with one attached hydrogen (secondary N) is 1. The van der Waals surface area contributed by atoms with Gasteiger partial charge in [0.2, 0.25) is 5.91 Å². The highest BCUT2D eigenvalue weighted by atomic mass is 32.2.